The molecule has 6 nitrogen and oxygen atoms in total. The van der Waals surface area contributed by atoms with Crippen LogP contribution in [-0.2, 0) is 11.3 Å². The molecule has 0 radical (unpaired) electrons. The number of hydrogen-bond donors (Lipinski definition) is 1. The average molecular weight is 381 g/mol. The molecule has 7 heteroatoms. The number of amides is 1. The predicted octanol–water partition coefficient (Wildman–Crippen LogP) is 3.70. The summed E-state index contributed by atoms with van der Waals surface area (Å²) in [6.45, 7) is 2.91. The van der Waals surface area contributed by atoms with Gasteiger partial charge in [-0.15, -0.1) is 0 Å². The highest BCUT2D eigenvalue weighted by Gasteiger charge is 2.14. The van der Waals surface area contributed by atoms with Crippen LogP contribution < -0.4 is 14.8 Å². The normalized spacial score (nSPS) is 12.2. The van der Waals surface area contributed by atoms with Crippen LogP contribution in [-0.4, -0.2) is 28.0 Å². The minimum atomic E-state index is -0.0526. The maximum Gasteiger partial charge on any atom is 0.234 e. The molecule has 0 atom stereocenters. The van der Waals surface area contributed by atoms with Crippen LogP contribution in [0.25, 0.3) is 0 Å². The third-order valence-electron chi connectivity index (χ3n) is 4.10. The highest BCUT2D eigenvalue weighted by molar-refractivity contribution is 7.99. The second-order valence-electron chi connectivity index (χ2n) is 6.23. The van der Waals surface area contributed by atoms with E-state index in [1.165, 1.54) is 11.8 Å². The van der Waals surface area contributed by atoms with Gasteiger partial charge in [0.15, 0.2) is 16.7 Å². The Balaban J connectivity index is 1.37. The number of hydrogen-bond acceptors (Lipinski definition) is 5. The van der Waals surface area contributed by atoms with Crippen molar-refractivity contribution in [3.8, 4) is 11.5 Å². The third kappa shape index (κ3) is 4.25. The number of thioether (sulfide) groups is 1. The first-order chi connectivity index (χ1) is 13.2. The van der Waals surface area contributed by atoms with Gasteiger partial charge >= 0.3 is 0 Å². The number of nitrogens with zero attached hydrogens (tertiary/aromatic N) is 2. The molecule has 0 fully saturated rings. The van der Waals surface area contributed by atoms with Crippen LogP contribution in [0.4, 0.5) is 5.69 Å². The molecular weight excluding hydrogens is 362 g/mol. The monoisotopic (exact) mass is 381 g/mol. The van der Waals surface area contributed by atoms with E-state index in [0.717, 1.165) is 33.5 Å². The largest absolute Gasteiger partial charge is 0.454 e. The van der Waals surface area contributed by atoms with E-state index in [1.807, 2.05) is 60.2 Å². The first kappa shape index (κ1) is 17.5. The second-order valence-corrected chi connectivity index (χ2v) is 7.17. The first-order valence-corrected chi connectivity index (χ1v) is 9.55. The lowest BCUT2D eigenvalue weighted by Crippen LogP contribution is -2.14. The van der Waals surface area contributed by atoms with Crippen LogP contribution in [0.1, 0.15) is 11.1 Å². The van der Waals surface area contributed by atoms with E-state index >= 15 is 0 Å². The van der Waals surface area contributed by atoms with Gasteiger partial charge in [0.1, 0.15) is 0 Å². The van der Waals surface area contributed by atoms with Gasteiger partial charge in [0.25, 0.3) is 0 Å². The maximum atomic E-state index is 12.2. The molecule has 1 aromatic heterocycles. The van der Waals surface area contributed by atoms with Gasteiger partial charge in [0.05, 0.1) is 5.75 Å². The molecule has 0 bridgehead atoms. The van der Waals surface area contributed by atoms with Crippen molar-refractivity contribution in [1.82, 2.24) is 9.55 Å². The molecule has 1 N–H and O–H groups in total. The van der Waals surface area contributed by atoms with E-state index in [-0.39, 0.29) is 12.7 Å². The van der Waals surface area contributed by atoms with Gasteiger partial charge in [-0.05, 0) is 42.3 Å². The van der Waals surface area contributed by atoms with Crippen molar-refractivity contribution in [2.24, 2.45) is 0 Å². The number of carbonyl (C=O) groups is 1. The summed E-state index contributed by atoms with van der Waals surface area (Å²) in [6, 6.07) is 13.6. The molecule has 1 amide bonds. The van der Waals surface area contributed by atoms with Gasteiger partial charge in [-0.25, -0.2) is 4.98 Å². The fourth-order valence-corrected chi connectivity index (χ4v) is 3.60. The molecular formula is C20H19N3O3S. The molecule has 138 valence electrons. The quantitative estimate of drug-likeness (QED) is 0.660. The third-order valence-corrected chi connectivity index (χ3v) is 5.11. The molecule has 0 spiro atoms. The lowest BCUT2D eigenvalue weighted by atomic mass is 10.2. The second kappa shape index (κ2) is 7.75. The number of aryl methyl sites for hydroxylation is 1. The Morgan fingerprint density at radius 3 is 3.00 bits per heavy atom. The van der Waals surface area contributed by atoms with Crippen molar-refractivity contribution in [2.75, 3.05) is 17.9 Å². The Morgan fingerprint density at radius 2 is 2.11 bits per heavy atom. The van der Waals surface area contributed by atoms with Crippen LogP contribution in [0, 0.1) is 6.92 Å². The zero-order chi connectivity index (χ0) is 18.6. The lowest BCUT2D eigenvalue weighted by molar-refractivity contribution is -0.113. The summed E-state index contributed by atoms with van der Waals surface area (Å²) in [5, 5.41) is 3.71. The topological polar surface area (TPSA) is 65.4 Å². The van der Waals surface area contributed by atoms with Crippen molar-refractivity contribution in [3.05, 3.63) is 66.0 Å². The van der Waals surface area contributed by atoms with E-state index in [0.29, 0.717) is 12.3 Å². The van der Waals surface area contributed by atoms with E-state index in [4.69, 9.17) is 9.47 Å². The molecule has 4 rings (SSSR count). The Kier molecular flexibility index (Phi) is 5.02. The summed E-state index contributed by atoms with van der Waals surface area (Å²) in [5.41, 5.74) is 3.01. The van der Waals surface area contributed by atoms with Gasteiger partial charge < -0.3 is 19.4 Å². The Hall–Kier alpha value is -2.93. The average Bonchev–Trinajstić information content (AvgIpc) is 3.29. The van der Waals surface area contributed by atoms with Crippen molar-refractivity contribution >= 4 is 23.4 Å². The number of benzene rings is 2. The van der Waals surface area contributed by atoms with Crippen molar-refractivity contribution in [2.45, 2.75) is 18.6 Å². The highest BCUT2D eigenvalue weighted by Crippen LogP contribution is 2.33. The van der Waals surface area contributed by atoms with E-state index in [2.05, 4.69) is 10.3 Å². The minimum absolute atomic E-state index is 0.0526. The zero-order valence-electron chi connectivity index (χ0n) is 14.8. The van der Waals surface area contributed by atoms with Crippen molar-refractivity contribution in [3.63, 3.8) is 0 Å². The van der Waals surface area contributed by atoms with Gasteiger partial charge in [0, 0.05) is 24.6 Å². The number of fused-ring (bicyclic) bond motifs is 1. The minimum Gasteiger partial charge on any atom is -0.454 e. The molecule has 0 saturated heterocycles. The first-order valence-electron chi connectivity index (χ1n) is 8.56. The number of aromatic nitrogens is 2. The Morgan fingerprint density at radius 1 is 1.22 bits per heavy atom. The van der Waals surface area contributed by atoms with Crippen molar-refractivity contribution < 1.29 is 14.3 Å². The van der Waals surface area contributed by atoms with Gasteiger partial charge in [0.2, 0.25) is 12.7 Å². The van der Waals surface area contributed by atoms with E-state index in [1.54, 1.807) is 6.20 Å². The number of imidazole rings is 1. The standard InChI is InChI=1S/C20H19N3O3S/c1-14-3-2-4-16(9-14)22-19(24)12-27-20-21-7-8-23(20)11-15-5-6-17-18(10-15)26-13-25-17/h2-10H,11-13H2,1H3,(H,22,24). The fraction of sp³-hybridized carbons (Fsp3) is 0.200. The van der Waals surface area contributed by atoms with Gasteiger partial charge in [-0.1, -0.05) is 30.0 Å². The molecule has 3 aromatic rings. The van der Waals surface area contributed by atoms with E-state index in [9.17, 15) is 4.79 Å². The van der Waals surface area contributed by atoms with E-state index < -0.39 is 0 Å². The number of ether oxygens (including phenoxy) is 2. The summed E-state index contributed by atoms with van der Waals surface area (Å²) >= 11 is 1.41. The number of carbonyl (C=O) groups excluding carboxylic acids is 1. The van der Waals surface area contributed by atoms with Crippen LogP contribution in [0.15, 0.2) is 60.0 Å². The highest BCUT2D eigenvalue weighted by atomic mass is 32.2. The molecule has 0 unspecified atom stereocenters. The van der Waals surface area contributed by atoms with Gasteiger partial charge in [-0.2, -0.15) is 0 Å². The van der Waals surface area contributed by atoms with Crippen LogP contribution in [0.3, 0.4) is 0 Å². The molecule has 0 saturated carbocycles. The summed E-state index contributed by atoms with van der Waals surface area (Å²) in [5.74, 6) is 1.78. The van der Waals surface area contributed by atoms with Gasteiger partial charge in [-0.3, -0.25) is 4.79 Å². The maximum absolute atomic E-state index is 12.2. The van der Waals surface area contributed by atoms with Crippen molar-refractivity contribution in [1.29, 1.82) is 0 Å². The zero-order valence-corrected chi connectivity index (χ0v) is 15.7. The van der Waals surface area contributed by atoms with Crippen LogP contribution >= 0.6 is 11.8 Å². The van der Waals surface area contributed by atoms with Crippen LogP contribution in [0.2, 0.25) is 0 Å². The van der Waals surface area contributed by atoms with Crippen LogP contribution in [0.5, 0.6) is 11.5 Å². The lowest BCUT2D eigenvalue weighted by Gasteiger charge is -2.09. The molecule has 2 aromatic carbocycles. The summed E-state index contributed by atoms with van der Waals surface area (Å²) in [6.07, 6.45) is 3.65. The Labute approximate surface area is 161 Å². The molecule has 1 aliphatic rings. The fourth-order valence-electron chi connectivity index (χ4n) is 2.84. The summed E-state index contributed by atoms with van der Waals surface area (Å²) < 4.78 is 12.8. The number of anilines is 1. The molecule has 1 aliphatic heterocycles. The SMILES string of the molecule is Cc1cccc(NC(=O)CSc2nccn2Cc2ccc3c(c2)OCO3)c1. The smallest absolute Gasteiger partial charge is 0.234 e. The summed E-state index contributed by atoms with van der Waals surface area (Å²) in [7, 11) is 0. The number of nitrogens with one attached hydrogen (secondary N) is 1. The number of rotatable bonds is 6. The molecule has 27 heavy (non-hydrogen) atoms. The Bertz CT molecular complexity index is 971. The molecule has 0 aliphatic carbocycles. The molecule has 2 heterocycles. The predicted molar refractivity (Wildman–Crippen MR) is 104 cm³/mol. The summed E-state index contributed by atoms with van der Waals surface area (Å²) in [4.78, 5) is 16.6.